The molecule has 3 amide bonds. The Morgan fingerprint density at radius 1 is 1.21 bits per heavy atom. The van der Waals surface area contributed by atoms with Crippen molar-refractivity contribution in [2.75, 3.05) is 13.1 Å². The molecule has 28 heavy (non-hydrogen) atoms. The van der Waals surface area contributed by atoms with Gasteiger partial charge in [0.05, 0.1) is 11.3 Å². The molecule has 1 aliphatic heterocycles. The minimum atomic E-state index is -0.345. The molecule has 3 rings (SSSR count). The Morgan fingerprint density at radius 3 is 2.75 bits per heavy atom. The number of pyridine rings is 1. The zero-order chi connectivity index (χ0) is 20.1. The van der Waals surface area contributed by atoms with Gasteiger partial charge in [-0.1, -0.05) is 24.3 Å². The van der Waals surface area contributed by atoms with Gasteiger partial charge in [-0.3, -0.25) is 24.3 Å². The molecule has 0 aliphatic carbocycles. The summed E-state index contributed by atoms with van der Waals surface area (Å²) in [5.41, 5.74) is 4.02. The van der Waals surface area contributed by atoms with Crippen molar-refractivity contribution in [3.05, 3.63) is 69.9 Å². The lowest BCUT2D eigenvalue weighted by Gasteiger charge is -2.13. The van der Waals surface area contributed by atoms with Crippen molar-refractivity contribution in [2.45, 2.75) is 20.3 Å². The Kier molecular flexibility index (Phi) is 6.26. The maximum atomic E-state index is 12.4. The highest BCUT2D eigenvalue weighted by atomic mass is 32.2. The molecule has 2 heterocycles. The molecule has 6 nitrogen and oxygen atoms in total. The number of hydrogen-bond donors (Lipinski definition) is 1. The number of thioether (sulfide) groups is 1. The van der Waals surface area contributed by atoms with Crippen LogP contribution in [0.3, 0.4) is 0 Å². The fraction of sp³-hybridized carbons (Fsp3) is 0.238. The Hall–Kier alpha value is -2.93. The second-order valence-electron chi connectivity index (χ2n) is 6.57. The van der Waals surface area contributed by atoms with E-state index in [1.54, 1.807) is 24.5 Å². The predicted octanol–water partition coefficient (Wildman–Crippen LogP) is 3.09. The van der Waals surface area contributed by atoms with Crippen LogP contribution in [-0.4, -0.2) is 40.0 Å². The van der Waals surface area contributed by atoms with Crippen molar-refractivity contribution >= 4 is 34.9 Å². The fourth-order valence-corrected chi connectivity index (χ4v) is 3.64. The number of amides is 3. The highest BCUT2D eigenvalue weighted by Crippen LogP contribution is 2.31. The Labute approximate surface area is 168 Å². The van der Waals surface area contributed by atoms with Gasteiger partial charge >= 0.3 is 0 Å². The highest BCUT2D eigenvalue weighted by Gasteiger charge is 2.34. The first-order chi connectivity index (χ1) is 13.4. The maximum Gasteiger partial charge on any atom is 0.293 e. The van der Waals surface area contributed by atoms with E-state index in [0.717, 1.165) is 33.4 Å². The molecular formula is C21H21N3O3S. The van der Waals surface area contributed by atoms with Gasteiger partial charge in [0.2, 0.25) is 5.91 Å². The van der Waals surface area contributed by atoms with Crippen LogP contribution in [0.1, 0.15) is 22.3 Å². The molecule has 144 valence electrons. The molecule has 0 radical (unpaired) electrons. The zero-order valence-electron chi connectivity index (χ0n) is 15.8. The summed E-state index contributed by atoms with van der Waals surface area (Å²) in [6.45, 7) is 4.41. The molecule has 1 saturated heterocycles. The summed E-state index contributed by atoms with van der Waals surface area (Å²) in [6.07, 6.45) is 5.19. The molecule has 7 heteroatoms. The smallest absolute Gasteiger partial charge is 0.293 e. The minimum absolute atomic E-state index is 0.138. The van der Waals surface area contributed by atoms with Crippen LogP contribution in [-0.2, 0) is 16.0 Å². The fourth-order valence-electron chi connectivity index (χ4n) is 2.77. The van der Waals surface area contributed by atoms with Gasteiger partial charge in [0.25, 0.3) is 11.1 Å². The lowest BCUT2D eigenvalue weighted by atomic mass is 10.0. The summed E-state index contributed by atoms with van der Waals surface area (Å²) < 4.78 is 0. The third kappa shape index (κ3) is 4.86. The number of aryl methyl sites for hydroxylation is 2. The monoisotopic (exact) mass is 395 g/mol. The highest BCUT2D eigenvalue weighted by molar-refractivity contribution is 8.18. The zero-order valence-corrected chi connectivity index (χ0v) is 16.6. The molecule has 1 aromatic carbocycles. The lowest BCUT2D eigenvalue weighted by Crippen LogP contribution is -2.37. The van der Waals surface area contributed by atoms with E-state index >= 15 is 0 Å². The number of aromatic nitrogens is 1. The number of imide groups is 1. The molecule has 1 aliphatic rings. The van der Waals surface area contributed by atoms with Crippen molar-refractivity contribution in [1.82, 2.24) is 15.2 Å². The first kappa shape index (κ1) is 19.8. The van der Waals surface area contributed by atoms with Gasteiger partial charge in [0, 0.05) is 25.5 Å². The van der Waals surface area contributed by atoms with E-state index in [-0.39, 0.29) is 36.6 Å². The van der Waals surface area contributed by atoms with Crippen molar-refractivity contribution in [3.63, 3.8) is 0 Å². The predicted molar refractivity (Wildman–Crippen MR) is 110 cm³/mol. The Bertz CT molecular complexity index is 941. The quantitative estimate of drug-likeness (QED) is 0.761. The van der Waals surface area contributed by atoms with Crippen molar-refractivity contribution in [3.8, 4) is 0 Å². The standard InChI is InChI=1S/C21H21N3O3S/c1-14-5-6-16(10-15(14)2)12-19(25)23-8-9-24-20(26)18(28-21(24)27)11-17-4-3-7-22-13-17/h3-7,10-11,13H,8-9,12H2,1-2H3,(H,23,25). The normalized spacial score (nSPS) is 15.4. The molecule has 1 N–H and O–H groups in total. The minimum Gasteiger partial charge on any atom is -0.354 e. The number of nitrogens with zero attached hydrogens (tertiary/aromatic N) is 2. The van der Waals surface area contributed by atoms with Crippen LogP contribution in [0.4, 0.5) is 4.79 Å². The summed E-state index contributed by atoms with van der Waals surface area (Å²) in [5, 5.41) is 2.44. The molecule has 0 saturated carbocycles. The van der Waals surface area contributed by atoms with Gasteiger partial charge in [-0.15, -0.1) is 0 Å². The molecule has 0 spiro atoms. The molecule has 2 aromatic rings. The van der Waals surface area contributed by atoms with Crippen LogP contribution < -0.4 is 5.32 Å². The third-order valence-electron chi connectivity index (χ3n) is 4.45. The average molecular weight is 395 g/mol. The van der Waals surface area contributed by atoms with Crippen LogP contribution in [0.25, 0.3) is 6.08 Å². The van der Waals surface area contributed by atoms with E-state index < -0.39 is 0 Å². The summed E-state index contributed by atoms with van der Waals surface area (Å²) in [6, 6.07) is 9.50. The molecule has 1 aromatic heterocycles. The second kappa shape index (κ2) is 8.84. The maximum absolute atomic E-state index is 12.4. The van der Waals surface area contributed by atoms with Gasteiger partial charge in [-0.2, -0.15) is 0 Å². The SMILES string of the molecule is Cc1ccc(CC(=O)NCCN2C(=O)SC(=Cc3cccnc3)C2=O)cc1C. The van der Waals surface area contributed by atoms with Gasteiger partial charge in [-0.05, 0) is 60.0 Å². The van der Waals surface area contributed by atoms with E-state index in [4.69, 9.17) is 0 Å². The summed E-state index contributed by atoms with van der Waals surface area (Å²) in [5.74, 6) is -0.483. The van der Waals surface area contributed by atoms with Crippen molar-refractivity contribution < 1.29 is 14.4 Å². The molecule has 0 atom stereocenters. The number of carbonyl (C=O) groups excluding carboxylic acids is 3. The largest absolute Gasteiger partial charge is 0.354 e. The topological polar surface area (TPSA) is 79.4 Å². The summed E-state index contributed by atoms with van der Waals surface area (Å²) in [4.78, 5) is 42.2. The van der Waals surface area contributed by atoms with Crippen LogP contribution in [0.2, 0.25) is 0 Å². The first-order valence-corrected chi connectivity index (χ1v) is 9.74. The lowest BCUT2D eigenvalue weighted by molar-refractivity contribution is -0.124. The van der Waals surface area contributed by atoms with E-state index in [0.29, 0.717) is 4.91 Å². The number of nitrogens with one attached hydrogen (secondary N) is 1. The van der Waals surface area contributed by atoms with E-state index in [1.807, 2.05) is 38.1 Å². The average Bonchev–Trinajstić information content (AvgIpc) is 2.93. The summed E-state index contributed by atoms with van der Waals surface area (Å²) in [7, 11) is 0. The van der Waals surface area contributed by atoms with E-state index in [2.05, 4.69) is 10.3 Å². The van der Waals surface area contributed by atoms with E-state index in [1.165, 1.54) is 5.56 Å². The van der Waals surface area contributed by atoms with Gasteiger partial charge in [0.1, 0.15) is 0 Å². The molecule has 1 fully saturated rings. The van der Waals surface area contributed by atoms with Gasteiger partial charge < -0.3 is 5.32 Å². The number of carbonyl (C=O) groups is 3. The van der Waals surface area contributed by atoms with Crippen LogP contribution in [0.5, 0.6) is 0 Å². The van der Waals surface area contributed by atoms with Gasteiger partial charge in [0.15, 0.2) is 0 Å². The number of benzene rings is 1. The van der Waals surface area contributed by atoms with Gasteiger partial charge in [-0.25, -0.2) is 0 Å². The van der Waals surface area contributed by atoms with Crippen molar-refractivity contribution in [1.29, 1.82) is 0 Å². The van der Waals surface area contributed by atoms with Crippen LogP contribution in [0.15, 0.2) is 47.6 Å². The molecular weight excluding hydrogens is 374 g/mol. The first-order valence-electron chi connectivity index (χ1n) is 8.92. The van der Waals surface area contributed by atoms with E-state index in [9.17, 15) is 14.4 Å². The number of rotatable bonds is 6. The Morgan fingerprint density at radius 2 is 2.04 bits per heavy atom. The summed E-state index contributed by atoms with van der Waals surface area (Å²) >= 11 is 0.899. The number of hydrogen-bond acceptors (Lipinski definition) is 5. The molecule has 0 bridgehead atoms. The van der Waals surface area contributed by atoms with Crippen LogP contribution >= 0.6 is 11.8 Å². The van der Waals surface area contributed by atoms with Crippen LogP contribution in [0, 0.1) is 13.8 Å². The third-order valence-corrected chi connectivity index (χ3v) is 5.36. The van der Waals surface area contributed by atoms with Crippen molar-refractivity contribution in [2.24, 2.45) is 0 Å². The molecule has 0 unspecified atom stereocenters. The Balaban J connectivity index is 1.52. The second-order valence-corrected chi connectivity index (χ2v) is 7.56.